The quantitative estimate of drug-likeness (QED) is 0.765. The molecule has 1 aliphatic rings. The zero-order valence-electron chi connectivity index (χ0n) is 12.5. The van der Waals surface area contributed by atoms with E-state index in [2.05, 4.69) is 19.2 Å². The van der Waals surface area contributed by atoms with Crippen molar-refractivity contribution in [3.05, 3.63) is 0 Å². The van der Waals surface area contributed by atoms with Gasteiger partial charge < -0.3 is 11.1 Å². The summed E-state index contributed by atoms with van der Waals surface area (Å²) in [7, 11) is 0. The lowest BCUT2D eigenvalue weighted by atomic mass is 9.80. The average Bonchev–Trinajstić information content (AvgIpc) is 2.26. The molecule has 0 bridgehead atoms. The van der Waals surface area contributed by atoms with Crippen molar-refractivity contribution in [3.8, 4) is 0 Å². The molecule has 0 aliphatic heterocycles. The van der Waals surface area contributed by atoms with E-state index >= 15 is 0 Å². The highest BCUT2D eigenvalue weighted by atomic mass is 16.1. The summed E-state index contributed by atoms with van der Waals surface area (Å²) >= 11 is 0. The van der Waals surface area contributed by atoms with Gasteiger partial charge >= 0.3 is 0 Å². The molecule has 1 aliphatic carbocycles. The Kier molecular flexibility index (Phi) is 5.64. The minimum atomic E-state index is -0.439. The molecule has 0 aromatic rings. The predicted molar refractivity (Wildman–Crippen MR) is 76.2 cm³/mol. The van der Waals surface area contributed by atoms with E-state index in [9.17, 15) is 4.79 Å². The van der Waals surface area contributed by atoms with Gasteiger partial charge in [-0.05, 0) is 44.9 Å². The van der Waals surface area contributed by atoms with Crippen LogP contribution in [-0.2, 0) is 4.79 Å². The average molecular weight is 254 g/mol. The molecule has 2 unspecified atom stereocenters. The molecule has 1 saturated carbocycles. The van der Waals surface area contributed by atoms with Gasteiger partial charge in [0.1, 0.15) is 0 Å². The normalized spacial score (nSPS) is 25.4. The molecule has 1 fully saturated rings. The molecular formula is C15H30N2O. The van der Waals surface area contributed by atoms with Gasteiger partial charge in [-0.25, -0.2) is 0 Å². The largest absolute Gasteiger partial charge is 0.369 e. The fourth-order valence-corrected chi connectivity index (χ4v) is 2.84. The number of primary amides is 1. The molecule has 2 atom stereocenters. The second-order valence-corrected chi connectivity index (χ2v) is 6.99. The summed E-state index contributed by atoms with van der Waals surface area (Å²) in [6, 6.07) is 0.570. The van der Waals surface area contributed by atoms with Gasteiger partial charge in [-0.1, -0.05) is 26.7 Å². The first-order valence-electron chi connectivity index (χ1n) is 7.34. The first-order valence-corrected chi connectivity index (χ1v) is 7.34. The number of nitrogens with two attached hydrogens (primary N) is 1. The Labute approximate surface area is 112 Å². The van der Waals surface area contributed by atoms with Crippen molar-refractivity contribution in [2.45, 2.75) is 65.8 Å². The van der Waals surface area contributed by atoms with Gasteiger partial charge in [0.25, 0.3) is 0 Å². The number of amides is 1. The number of rotatable bonds is 6. The third kappa shape index (κ3) is 4.97. The zero-order valence-corrected chi connectivity index (χ0v) is 12.5. The summed E-state index contributed by atoms with van der Waals surface area (Å²) in [4.78, 5) is 11.3. The van der Waals surface area contributed by atoms with Crippen LogP contribution >= 0.6 is 0 Å². The number of nitrogens with one attached hydrogen (secondary N) is 1. The van der Waals surface area contributed by atoms with Gasteiger partial charge in [0.15, 0.2) is 0 Å². The molecule has 0 aromatic heterocycles. The Morgan fingerprint density at radius 2 is 2.06 bits per heavy atom. The van der Waals surface area contributed by atoms with Crippen LogP contribution in [-0.4, -0.2) is 18.5 Å². The first kappa shape index (κ1) is 15.5. The molecule has 18 heavy (non-hydrogen) atoms. The smallest absolute Gasteiger partial charge is 0.224 e. The molecule has 0 heterocycles. The lowest BCUT2D eigenvalue weighted by molar-refractivity contribution is -0.125. The number of hydrogen-bond donors (Lipinski definition) is 2. The van der Waals surface area contributed by atoms with E-state index in [0.29, 0.717) is 12.6 Å². The number of carbonyl (C=O) groups excluding carboxylic acids is 1. The third-order valence-electron chi connectivity index (χ3n) is 4.09. The summed E-state index contributed by atoms with van der Waals surface area (Å²) in [5.41, 5.74) is 4.96. The predicted octanol–water partition coefficient (Wildman–Crippen LogP) is 2.69. The fourth-order valence-electron chi connectivity index (χ4n) is 2.84. The van der Waals surface area contributed by atoms with Crippen LogP contribution in [0.25, 0.3) is 0 Å². The van der Waals surface area contributed by atoms with E-state index in [1.165, 1.54) is 32.1 Å². The van der Waals surface area contributed by atoms with Crippen LogP contribution in [0.15, 0.2) is 0 Å². The molecule has 1 rings (SSSR count). The molecule has 3 N–H and O–H groups in total. The lowest BCUT2D eigenvalue weighted by Crippen LogP contribution is -2.45. The Morgan fingerprint density at radius 1 is 1.39 bits per heavy atom. The maximum atomic E-state index is 11.3. The topological polar surface area (TPSA) is 55.1 Å². The van der Waals surface area contributed by atoms with Crippen molar-refractivity contribution in [3.63, 3.8) is 0 Å². The standard InChI is InChI=1S/C15H30N2O/c1-11(2)8-12-6-5-7-13(9-12)17-10-15(3,4)14(16)18/h11-13,17H,5-10H2,1-4H3,(H2,16,18). The Bertz CT molecular complexity index is 274. The Balaban J connectivity index is 2.36. The highest BCUT2D eigenvalue weighted by Crippen LogP contribution is 2.29. The molecule has 1 amide bonds. The lowest BCUT2D eigenvalue weighted by Gasteiger charge is -2.33. The highest BCUT2D eigenvalue weighted by molar-refractivity contribution is 5.80. The van der Waals surface area contributed by atoms with Crippen LogP contribution in [0.1, 0.15) is 59.8 Å². The number of hydrogen-bond acceptors (Lipinski definition) is 2. The first-order chi connectivity index (χ1) is 8.31. The molecule has 0 aromatic carbocycles. The summed E-state index contributed by atoms with van der Waals surface area (Å²) in [6.45, 7) is 9.12. The van der Waals surface area contributed by atoms with E-state index in [0.717, 1.165) is 11.8 Å². The van der Waals surface area contributed by atoms with Crippen molar-refractivity contribution in [1.82, 2.24) is 5.32 Å². The van der Waals surface area contributed by atoms with Crippen LogP contribution in [0.5, 0.6) is 0 Å². The molecule has 0 spiro atoms. The summed E-state index contributed by atoms with van der Waals surface area (Å²) in [6.07, 6.45) is 6.51. The second kappa shape index (κ2) is 6.55. The maximum Gasteiger partial charge on any atom is 0.224 e. The van der Waals surface area contributed by atoms with E-state index < -0.39 is 5.41 Å². The fraction of sp³-hybridized carbons (Fsp3) is 0.933. The van der Waals surface area contributed by atoms with Gasteiger partial charge in [0.05, 0.1) is 5.41 Å². The number of carbonyl (C=O) groups is 1. The molecular weight excluding hydrogens is 224 g/mol. The van der Waals surface area contributed by atoms with Crippen LogP contribution in [0, 0.1) is 17.3 Å². The van der Waals surface area contributed by atoms with Crippen molar-refractivity contribution < 1.29 is 4.79 Å². The zero-order chi connectivity index (χ0) is 13.8. The minimum Gasteiger partial charge on any atom is -0.369 e. The van der Waals surface area contributed by atoms with Gasteiger partial charge in [0.2, 0.25) is 5.91 Å². The van der Waals surface area contributed by atoms with Crippen molar-refractivity contribution >= 4 is 5.91 Å². The van der Waals surface area contributed by atoms with E-state index in [4.69, 9.17) is 5.73 Å². The summed E-state index contributed by atoms with van der Waals surface area (Å²) in [5, 5.41) is 3.55. The van der Waals surface area contributed by atoms with E-state index in [1.807, 2.05) is 13.8 Å². The monoisotopic (exact) mass is 254 g/mol. The second-order valence-electron chi connectivity index (χ2n) is 6.99. The summed E-state index contributed by atoms with van der Waals surface area (Å²) < 4.78 is 0. The van der Waals surface area contributed by atoms with E-state index in [-0.39, 0.29) is 5.91 Å². The van der Waals surface area contributed by atoms with Crippen LogP contribution < -0.4 is 11.1 Å². The van der Waals surface area contributed by atoms with Crippen molar-refractivity contribution in [2.24, 2.45) is 23.0 Å². The van der Waals surface area contributed by atoms with Gasteiger partial charge in [-0.2, -0.15) is 0 Å². The Hall–Kier alpha value is -0.570. The van der Waals surface area contributed by atoms with Crippen LogP contribution in [0.3, 0.4) is 0 Å². The van der Waals surface area contributed by atoms with Gasteiger partial charge in [-0.15, -0.1) is 0 Å². The van der Waals surface area contributed by atoms with Gasteiger partial charge in [0, 0.05) is 12.6 Å². The molecule has 0 radical (unpaired) electrons. The van der Waals surface area contributed by atoms with Crippen molar-refractivity contribution in [1.29, 1.82) is 0 Å². The van der Waals surface area contributed by atoms with Crippen LogP contribution in [0.4, 0.5) is 0 Å². The third-order valence-corrected chi connectivity index (χ3v) is 4.09. The van der Waals surface area contributed by atoms with Gasteiger partial charge in [-0.3, -0.25) is 4.79 Å². The summed E-state index contributed by atoms with van der Waals surface area (Å²) in [5.74, 6) is 1.42. The molecule has 3 nitrogen and oxygen atoms in total. The minimum absolute atomic E-state index is 0.218. The van der Waals surface area contributed by atoms with Crippen LogP contribution in [0.2, 0.25) is 0 Å². The molecule has 106 valence electrons. The Morgan fingerprint density at radius 3 is 2.61 bits per heavy atom. The molecule has 3 heteroatoms. The molecule has 0 saturated heterocycles. The van der Waals surface area contributed by atoms with E-state index in [1.54, 1.807) is 0 Å². The SMILES string of the molecule is CC(C)CC1CCCC(NCC(C)(C)C(N)=O)C1. The van der Waals surface area contributed by atoms with Crippen molar-refractivity contribution in [2.75, 3.05) is 6.54 Å². The maximum absolute atomic E-state index is 11.3. The highest BCUT2D eigenvalue weighted by Gasteiger charge is 2.28.